The highest BCUT2D eigenvalue weighted by Gasteiger charge is 2.38. The van der Waals surface area contributed by atoms with E-state index in [-0.39, 0.29) is 29.7 Å². The van der Waals surface area contributed by atoms with Crippen molar-refractivity contribution in [3.8, 4) is 0 Å². The van der Waals surface area contributed by atoms with Crippen LogP contribution < -0.4 is 0 Å². The summed E-state index contributed by atoms with van der Waals surface area (Å²) in [4.78, 5) is 11.0. The molecule has 0 unspecified atom stereocenters. The lowest BCUT2D eigenvalue weighted by molar-refractivity contribution is 0.0690. The second kappa shape index (κ2) is 4.67. The maximum absolute atomic E-state index is 12.3. The summed E-state index contributed by atoms with van der Waals surface area (Å²) in [6, 6.07) is 1.35. The van der Waals surface area contributed by atoms with Gasteiger partial charge in [-0.3, -0.25) is 0 Å². The number of aryl methyl sites for hydroxylation is 1. The Kier molecular flexibility index (Phi) is 3.06. The number of sulfonamides is 1. The molecule has 0 aromatic carbocycles. The second-order valence-electron chi connectivity index (χ2n) is 4.88. The average molecular weight is 311 g/mol. The minimum absolute atomic E-state index is 0.153. The van der Waals surface area contributed by atoms with E-state index in [0.717, 1.165) is 0 Å². The lowest BCUT2D eigenvalue weighted by Gasteiger charge is -2.37. The van der Waals surface area contributed by atoms with Crippen molar-refractivity contribution in [2.24, 2.45) is 7.05 Å². The van der Waals surface area contributed by atoms with Gasteiger partial charge in [-0.25, -0.2) is 17.9 Å². The number of hydrogen-bond donors (Lipinski definition) is 1. The smallest absolute Gasteiger partial charge is 0.358 e. The van der Waals surface area contributed by atoms with Gasteiger partial charge in [0.05, 0.1) is 17.1 Å². The minimum atomic E-state index is -3.50. The Balaban J connectivity index is 1.71. The lowest BCUT2D eigenvalue weighted by atomic mass is 10.2. The third-order valence-corrected chi connectivity index (χ3v) is 5.19. The quantitative estimate of drug-likeness (QED) is 0.819. The summed E-state index contributed by atoms with van der Waals surface area (Å²) in [6.45, 7) is 0.499. The Bertz CT molecular complexity index is 787. The molecule has 3 heterocycles. The molecule has 0 spiro atoms. The first-order valence-corrected chi connectivity index (χ1v) is 7.59. The summed E-state index contributed by atoms with van der Waals surface area (Å²) in [5.74, 6) is -1.16. The van der Waals surface area contributed by atoms with Crippen LogP contribution in [0.4, 0.5) is 0 Å². The fourth-order valence-corrected chi connectivity index (χ4v) is 3.68. The number of aromatic nitrogens is 4. The molecule has 1 N–H and O–H groups in total. The number of carbonyl (C=O) groups is 1. The number of hydrogen-bond acceptors (Lipinski definition) is 5. The molecule has 1 fully saturated rings. The number of carboxylic acid groups (broad SMARTS) is 1. The summed E-state index contributed by atoms with van der Waals surface area (Å²) in [7, 11) is -1.75. The Morgan fingerprint density at radius 1 is 1.38 bits per heavy atom. The van der Waals surface area contributed by atoms with Gasteiger partial charge in [0.25, 0.3) is 0 Å². The van der Waals surface area contributed by atoms with Gasteiger partial charge < -0.3 is 9.67 Å². The van der Waals surface area contributed by atoms with Crippen LogP contribution in [-0.2, 0) is 17.1 Å². The number of rotatable bonds is 4. The van der Waals surface area contributed by atoms with Crippen molar-refractivity contribution >= 4 is 16.0 Å². The van der Waals surface area contributed by atoms with Crippen LogP contribution in [0.2, 0.25) is 0 Å². The zero-order chi connectivity index (χ0) is 15.2. The molecule has 0 radical (unpaired) electrons. The highest BCUT2D eigenvalue weighted by Crippen LogP contribution is 2.27. The third-order valence-electron chi connectivity index (χ3n) is 3.37. The van der Waals surface area contributed by atoms with Gasteiger partial charge in [0.1, 0.15) is 0 Å². The molecule has 2 aromatic heterocycles. The van der Waals surface area contributed by atoms with E-state index in [1.807, 2.05) is 0 Å². The molecular weight excluding hydrogens is 298 g/mol. The van der Waals surface area contributed by atoms with Crippen molar-refractivity contribution < 1.29 is 18.3 Å². The van der Waals surface area contributed by atoms with Gasteiger partial charge in [0, 0.05) is 32.5 Å². The van der Waals surface area contributed by atoms with E-state index in [2.05, 4.69) is 10.3 Å². The second-order valence-corrected chi connectivity index (χ2v) is 6.82. The van der Waals surface area contributed by atoms with E-state index >= 15 is 0 Å². The minimum Gasteiger partial charge on any atom is -0.476 e. The van der Waals surface area contributed by atoms with E-state index in [1.165, 1.54) is 15.2 Å². The van der Waals surface area contributed by atoms with Crippen molar-refractivity contribution in [3.63, 3.8) is 0 Å². The molecule has 9 nitrogen and oxygen atoms in total. The zero-order valence-electron chi connectivity index (χ0n) is 11.1. The lowest BCUT2D eigenvalue weighted by Crippen LogP contribution is -2.50. The van der Waals surface area contributed by atoms with Crippen LogP contribution in [0.25, 0.3) is 0 Å². The van der Waals surface area contributed by atoms with E-state index < -0.39 is 16.0 Å². The maximum Gasteiger partial charge on any atom is 0.358 e. The van der Waals surface area contributed by atoms with Gasteiger partial charge in [-0.1, -0.05) is 5.21 Å². The highest BCUT2D eigenvalue weighted by atomic mass is 32.2. The summed E-state index contributed by atoms with van der Waals surface area (Å²) in [6.07, 6.45) is 4.51. The number of carboxylic acids is 1. The molecule has 3 rings (SSSR count). The zero-order valence-corrected chi connectivity index (χ0v) is 11.9. The van der Waals surface area contributed by atoms with Crippen LogP contribution in [0.1, 0.15) is 16.5 Å². The van der Waals surface area contributed by atoms with Gasteiger partial charge in [-0.2, -0.15) is 4.31 Å². The first-order chi connectivity index (χ1) is 9.88. The molecule has 1 aliphatic rings. The van der Waals surface area contributed by atoms with Crippen LogP contribution in [-0.4, -0.2) is 56.4 Å². The maximum atomic E-state index is 12.3. The first kappa shape index (κ1) is 13.8. The molecule has 0 atom stereocenters. The monoisotopic (exact) mass is 311 g/mol. The third kappa shape index (κ3) is 2.32. The fraction of sp³-hybridized carbons (Fsp3) is 0.364. The van der Waals surface area contributed by atoms with Gasteiger partial charge in [0.2, 0.25) is 10.0 Å². The van der Waals surface area contributed by atoms with Crippen molar-refractivity contribution in [2.75, 3.05) is 13.1 Å². The van der Waals surface area contributed by atoms with E-state index in [4.69, 9.17) is 5.11 Å². The molecule has 1 saturated heterocycles. The summed E-state index contributed by atoms with van der Waals surface area (Å²) in [5.41, 5.74) is -0.153. The molecule has 0 amide bonds. The molecule has 0 bridgehead atoms. The van der Waals surface area contributed by atoms with Gasteiger partial charge in [0.15, 0.2) is 5.69 Å². The Hall–Kier alpha value is -2.20. The molecule has 10 heteroatoms. The SMILES string of the molecule is Cn1ccc(S(=O)(=O)N2CC(n3cc(C(=O)O)nn3)C2)c1. The van der Waals surface area contributed by atoms with Gasteiger partial charge >= 0.3 is 5.97 Å². The predicted molar refractivity (Wildman–Crippen MR) is 70.2 cm³/mol. The van der Waals surface area contributed by atoms with Crippen LogP contribution in [0, 0.1) is 0 Å². The number of nitrogens with zero attached hydrogens (tertiary/aromatic N) is 5. The molecular formula is C11H13N5O4S. The molecule has 2 aromatic rings. The highest BCUT2D eigenvalue weighted by molar-refractivity contribution is 7.89. The summed E-state index contributed by atoms with van der Waals surface area (Å²) >= 11 is 0. The molecule has 0 saturated carbocycles. The average Bonchev–Trinajstić information content (AvgIpc) is 2.96. The largest absolute Gasteiger partial charge is 0.476 e. The molecule has 0 aliphatic carbocycles. The summed E-state index contributed by atoms with van der Waals surface area (Å²) < 4.78 is 29.0. The van der Waals surface area contributed by atoms with Gasteiger partial charge in [-0.15, -0.1) is 5.10 Å². The molecule has 112 valence electrons. The van der Waals surface area contributed by atoms with Gasteiger partial charge in [-0.05, 0) is 6.07 Å². The molecule has 21 heavy (non-hydrogen) atoms. The standard InChI is InChI=1S/C11H13N5O4S/c1-14-3-2-9(6-14)21(19,20)15-4-8(5-15)16-7-10(11(17)18)12-13-16/h2-3,6-8H,4-5H2,1H3,(H,17,18). The molecule has 1 aliphatic heterocycles. The Morgan fingerprint density at radius 3 is 2.62 bits per heavy atom. The normalized spacial score (nSPS) is 16.8. The fourth-order valence-electron chi connectivity index (χ4n) is 2.11. The summed E-state index contributed by atoms with van der Waals surface area (Å²) in [5, 5.41) is 16.0. The predicted octanol–water partition coefficient (Wildman–Crippen LogP) is -0.440. The Morgan fingerprint density at radius 2 is 2.10 bits per heavy atom. The van der Waals surface area contributed by atoms with Crippen LogP contribution in [0.5, 0.6) is 0 Å². The first-order valence-electron chi connectivity index (χ1n) is 6.15. The van der Waals surface area contributed by atoms with E-state index in [9.17, 15) is 13.2 Å². The van der Waals surface area contributed by atoms with Crippen LogP contribution in [0.15, 0.2) is 29.6 Å². The van der Waals surface area contributed by atoms with Crippen LogP contribution in [0.3, 0.4) is 0 Å². The van der Waals surface area contributed by atoms with Crippen LogP contribution >= 0.6 is 0 Å². The van der Waals surface area contributed by atoms with E-state index in [1.54, 1.807) is 30.1 Å². The van der Waals surface area contributed by atoms with Crippen molar-refractivity contribution in [1.82, 2.24) is 23.9 Å². The van der Waals surface area contributed by atoms with Crippen molar-refractivity contribution in [2.45, 2.75) is 10.9 Å². The van der Waals surface area contributed by atoms with Crippen molar-refractivity contribution in [3.05, 3.63) is 30.4 Å². The number of aromatic carboxylic acids is 1. The Labute approximate surface area is 120 Å². The van der Waals surface area contributed by atoms with E-state index in [0.29, 0.717) is 0 Å². The van der Waals surface area contributed by atoms with Crippen molar-refractivity contribution in [1.29, 1.82) is 0 Å². The topological polar surface area (TPSA) is 110 Å².